The summed E-state index contributed by atoms with van der Waals surface area (Å²) in [6.07, 6.45) is 4.74. The van der Waals surface area contributed by atoms with Crippen LogP contribution in [0.25, 0.3) is 0 Å². The molecule has 146 valence electrons. The first-order valence-corrected chi connectivity index (χ1v) is 10.0. The van der Waals surface area contributed by atoms with Crippen LogP contribution in [0.15, 0.2) is 18.2 Å². The van der Waals surface area contributed by atoms with Crippen molar-refractivity contribution in [3.8, 4) is 5.75 Å². The Labute approximate surface area is 158 Å². The van der Waals surface area contributed by atoms with Crippen LogP contribution in [-0.4, -0.2) is 24.7 Å². The fourth-order valence-corrected chi connectivity index (χ4v) is 3.59. The van der Waals surface area contributed by atoms with Gasteiger partial charge in [0.2, 0.25) is 0 Å². The number of amides is 1. The van der Waals surface area contributed by atoms with Gasteiger partial charge in [-0.05, 0) is 68.2 Å². The largest absolute Gasteiger partial charge is 0.493 e. The van der Waals surface area contributed by atoms with Gasteiger partial charge in [0.15, 0.2) is 0 Å². The molecule has 0 heterocycles. The summed E-state index contributed by atoms with van der Waals surface area (Å²) in [5, 5.41) is 3.10. The molecule has 1 aliphatic rings. The molecule has 1 saturated carbocycles. The zero-order valence-electron chi connectivity index (χ0n) is 17.1. The average molecular weight is 362 g/mol. The monoisotopic (exact) mass is 361 g/mol. The quantitative estimate of drug-likeness (QED) is 0.679. The smallest absolute Gasteiger partial charge is 0.256 e. The summed E-state index contributed by atoms with van der Waals surface area (Å²) in [6.45, 7) is 11.9. The van der Waals surface area contributed by atoms with Gasteiger partial charge < -0.3 is 14.8 Å². The van der Waals surface area contributed by atoms with E-state index in [0.717, 1.165) is 42.7 Å². The molecule has 0 spiro atoms. The van der Waals surface area contributed by atoms with Gasteiger partial charge in [0.05, 0.1) is 6.61 Å². The van der Waals surface area contributed by atoms with Crippen LogP contribution in [0.1, 0.15) is 65.4 Å². The van der Waals surface area contributed by atoms with Crippen LogP contribution < -0.4 is 10.1 Å². The topological polar surface area (TPSA) is 47.6 Å². The van der Waals surface area contributed by atoms with Crippen molar-refractivity contribution >= 4 is 11.6 Å². The van der Waals surface area contributed by atoms with Crippen LogP contribution in [-0.2, 0) is 9.53 Å². The van der Waals surface area contributed by atoms with Crippen LogP contribution in [0.4, 0.5) is 5.69 Å². The van der Waals surface area contributed by atoms with E-state index in [0.29, 0.717) is 25.0 Å². The molecule has 2 atom stereocenters. The Morgan fingerprint density at radius 1 is 1.38 bits per heavy atom. The van der Waals surface area contributed by atoms with E-state index in [4.69, 9.17) is 9.47 Å². The van der Waals surface area contributed by atoms with Crippen molar-refractivity contribution in [1.29, 1.82) is 0 Å². The lowest BCUT2D eigenvalue weighted by atomic mass is 9.78. The maximum absolute atomic E-state index is 13.1. The molecule has 26 heavy (non-hydrogen) atoms. The van der Waals surface area contributed by atoms with Crippen molar-refractivity contribution in [3.05, 3.63) is 23.8 Å². The second-order valence-electron chi connectivity index (χ2n) is 8.18. The first-order chi connectivity index (χ1) is 12.4. The normalized spacial score (nSPS) is 23.1. The molecule has 1 fully saturated rings. The third-order valence-electron chi connectivity index (χ3n) is 4.96. The van der Waals surface area contributed by atoms with Crippen LogP contribution in [0.5, 0.6) is 5.75 Å². The van der Waals surface area contributed by atoms with E-state index in [1.165, 1.54) is 6.42 Å². The molecule has 0 aromatic heterocycles. The first-order valence-electron chi connectivity index (χ1n) is 10.0. The molecule has 4 nitrogen and oxygen atoms in total. The number of carbonyl (C=O) groups is 1. The lowest BCUT2D eigenvalue weighted by Gasteiger charge is -2.38. The molecule has 2 rings (SSSR count). The Balaban J connectivity index is 2.09. The summed E-state index contributed by atoms with van der Waals surface area (Å²) >= 11 is 0. The lowest BCUT2D eigenvalue weighted by molar-refractivity contribution is -0.148. The second kappa shape index (κ2) is 9.40. The highest BCUT2D eigenvalue weighted by atomic mass is 16.5. The molecule has 0 aliphatic heterocycles. The molecule has 4 heteroatoms. The standard InChI is InChI=1S/C22H35NO3/c1-6-12-26-22(11-7-8-17(4)14-22)21(24)23-19-9-10-20(18(5)13-19)25-15-16(2)3/h9-10,13,16-17H,6-8,11-12,14-15H2,1-5H3,(H,23,24)/t17-,22-/m1/s1. The van der Waals surface area contributed by atoms with Gasteiger partial charge in [-0.25, -0.2) is 0 Å². The van der Waals surface area contributed by atoms with E-state index in [1.807, 2.05) is 25.1 Å². The van der Waals surface area contributed by atoms with E-state index < -0.39 is 5.60 Å². The lowest BCUT2D eigenvalue weighted by Crippen LogP contribution is -2.48. The minimum atomic E-state index is -0.686. The van der Waals surface area contributed by atoms with Gasteiger partial charge in [-0.15, -0.1) is 0 Å². The Morgan fingerprint density at radius 2 is 2.15 bits per heavy atom. The van der Waals surface area contributed by atoms with Crippen LogP contribution in [0.3, 0.4) is 0 Å². The highest BCUT2D eigenvalue weighted by Gasteiger charge is 2.42. The van der Waals surface area contributed by atoms with Crippen molar-refractivity contribution in [1.82, 2.24) is 0 Å². The van der Waals surface area contributed by atoms with Gasteiger partial charge in [-0.1, -0.05) is 34.1 Å². The molecule has 0 saturated heterocycles. The first kappa shape index (κ1) is 20.8. The molecular formula is C22H35NO3. The predicted molar refractivity (Wildman–Crippen MR) is 107 cm³/mol. The molecule has 0 unspecified atom stereocenters. The molecule has 1 aromatic rings. The number of ether oxygens (including phenoxy) is 2. The molecule has 1 aromatic carbocycles. The van der Waals surface area contributed by atoms with Crippen LogP contribution >= 0.6 is 0 Å². The summed E-state index contributed by atoms with van der Waals surface area (Å²) in [6, 6.07) is 5.84. The molecule has 0 bridgehead atoms. The number of anilines is 1. The van der Waals surface area contributed by atoms with E-state index in [9.17, 15) is 4.79 Å². The fourth-order valence-electron chi connectivity index (χ4n) is 3.59. The number of nitrogens with one attached hydrogen (secondary N) is 1. The van der Waals surface area contributed by atoms with E-state index in [-0.39, 0.29) is 5.91 Å². The van der Waals surface area contributed by atoms with Crippen molar-refractivity contribution < 1.29 is 14.3 Å². The van der Waals surface area contributed by atoms with Gasteiger partial charge >= 0.3 is 0 Å². The third kappa shape index (κ3) is 5.47. The Hall–Kier alpha value is -1.55. The third-order valence-corrected chi connectivity index (χ3v) is 4.96. The second-order valence-corrected chi connectivity index (χ2v) is 8.18. The number of rotatable bonds is 8. The summed E-state index contributed by atoms with van der Waals surface area (Å²) in [4.78, 5) is 13.1. The molecular weight excluding hydrogens is 326 g/mol. The Bertz CT molecular complexity index is 599. The molecule has 1 amide bonds. The Kier molecular flexibility index (Phi) is 7.51. The van der Waals surface area contributed by atoms with Crippen LogP contribution in [0.2, 0.25) is 0 Å². The number of hydrogen-bond donors (Lipinski definition) is 1. The van der Waals surface area contributed by atoms with Crippen molar-refractivity contribution in [2.45, 2.75) is 72.3 Å². The highest BCUT2D eigenvalue weighted by molar-refractivity contribution is 5.97. The van der Waals surface area contributed by atoms with Gasteiger partial charge in [-0.3, -0.25) is 4.79 Å². The Morgan fingerprint density at radius 3 is 2.77 bits per heavy atom. The SMILES string of the molecule is CCCO[C@]1(C(=O)Nc2ccc(OCC(C)C)c(C)c2)CCC[C@@H](C)C1. The molecule has 1 N–H and O–H groups in total. The minimum absolute atomic E-state index is 0.00671. The van der Waals surface area contributed by atoms with Crippen molar-refractivity contribution in [2.24, 2.45) is 11.8 Å². The number of benzene rings is 1. The highest BCUT2D eigenvalue weighted by Crippen LogP contribution is 2.36. The minimum Gasteiger partial charge on any atom is -0.493 e. The van der Waals surface area contributed by atoms with Gasteiger partial charge in [0.25, 0.3) is 5.91 Å². The van der Waals surface area contributed by atoms with Crippen molar-refractivity contribution in [2.75, 3.05) is 18.5 Å². The molecule has 1 aliphatic carbocycles. The summed E-state index contributed by atoms with van der Waals surface area (Å²) in [5.74, 6) is 1.87. The number of carbonyl (C=O) groups excluding carboxylic acids is 1. The average Bonchev–Trinajstić information content (AvgIpc) is 2.59. The summed E-state index contributed by atoms with van der Waals surface area (Å²) in [7, 11) is 0. The van der Waals surface area contributed by atoms with E-state index in [2.05, 4.69) is 33.0 Å². The zero-order chi connectivity index (χ0) is 19.2. The fraction of sp³-hybridized carbons (Fsp3) is 0.682. The number of aryl methyl sites for hydroxylation is 1. The van der Waals surface area contributed by atoms with Crippen LogP contribution in [0, 0.1) is 18.8 Å². The van der Waals surface area contributed by atoms with E-state index in [1.54, 1.807) is 0 Å². The summed E-state index contributed by atoms with van der Waals surface area (Å²) in [5.41, 5.74) is 1.15. The van der Waals surface area contributed by atoms with Gasteiger partial charge in [0, 0.05) is 12.3 Å². The molecule has 0 radical (unpaired) electrons. The maximum atomic E-state index is 13.1. The number of hydrogen-bond acceptors (Lipinski definition) is 3. The summed E-state index contributed by atoms with van der Waals surface area (Å²) < 4.78 is 11.9. The van der Waals surface area contributed by atoms with E-state index >= 15 is 0 Å². The van der Waals surface area contributed by atoms with Crippen molar-refractivity contribution in [3.63, 3.8) is 0 Å². The predicted octanol–water partition coefficient (Wildman–Crippen LogP) is 5.34. The zero-order valence-corrected chi connectivity index (χ0v) is 17.1. The maximum Gasteiger partial charge on any atom is 0.256 e. The van der Waals surface area contributed by atoms with Gasteiger partial charge in [0.1, 0.15) is 11.4 Å². The van der Waals surface area contributed by atoms with Gasteiger partial charge in [-0.2, -0.15) is 0 Å².